The maximum Gasteiger partial charge on any atom is 0.119 e. The summed E-state index contributed by atoms with van der Waals surface area (Å²) in [5.74, 6) is 0.946. The lowest BCUT2D eigenvalue weighted by Crippen LogP contribution is -2.21. The lowest BCUT2D eigenvalue weighted by molar-refractivity contribution is 0.332. The van der Waals surface area contributed by atoms with Gasteiger partial charge in [0.05, 0.1) is 0 Å². The van der Waals surface area contributed by atoms with Crippen LogP contribution in [0.2, 0.25) is 0 Å². The quantitative estimate of drug-likeness (QED) is 0.719. The van der Waals surface area contributed by atoms with E-state index in [1.807, 2.05) is 0 Å². The average molecular weight is 312 g/mol. The van der Waals surface area contributed by atoms with Gasteiger partial charge in [-0.3, -0.25) is 0 Å². The van der Waals surface area contributed by atoms with E-state index < -0.39 is 0 Å². The van der Waals surface area contributed by atoms with Gasteiger partial charge in [-0.2, -0.15) is 0 Å². The Kier molecular flexibility index (Phi) is 6.33. The Bertz CT molecular complexity index is 583. The smallest absolute Gasteiger partial charge is 0.119 e. The molecule has 0 aliphatic heterocycles. The average Bonchev–Trinajstić information content (AvgIpc) is 2.53. The molecule has 0 atom stereocenters. The molecular formula is C20H28N2O. The Morgan fingerprint density at radius 2 is 1.52 bits per heavy atom. The Morgan fingerprint density at radius 1 is 0.913 bits per heavy atom. The van der Waals surface area contributed by atoms with Crippen molar-refractivity contribution >= 4 is 11.4 Å². The first kappa shape index (κ1) is 17.2. The molecule has 0 amide bonds. The Labute approximate surface area is 140 Å². The summed E-state index contributed by atoms with van der Waals surface area (Å²) in [4.78, 5) is 2.34. The third kappa shape index (κ3) is 5.20. The predicted molar refractivity (Wildman–Crippen MR) is 99.9 cm³/mol. The number of aryl methyl sites for hydroxylation is 2. The first-order valence-electron chi connectivity index (χ1n) is 8.42. The van der Waals surface area contributed by atoms with Crippen LogP contribution >= 0.6 is 0 Å². The lowest BCUT2D eigenvalue weighted by Gasteiger charge is -2.21. The zero-order valence-electron chi connectivity index (χ0n) is 14.7. The molecule has 0 radical (unpaired) electrons. The third-order valence-electron chi connectivity index (χ3n) is 3.89. The molecule has 2 aromatic carbocycles. The summed E-state index contributed by atoms with van der Waals surface area (Å²) in [7, 11) is 0. The second kappa shape index (κ2) is 8.47. The van der Waals surface area contributed by atoms with Crippen LogP contribution in [-0.4, -0.2) is 26.2 Å². The van der Waals surface area contributed by atoms with Gasteiger partial charge >= 0.3 is 0 Å². The summed E-state index contributed by atoms with van der Waals surface area (Å²) < 4.78 is 5.82. The molecule has 23 heavy (non-hydrogen) atoms. The standard InChI is InChI=1S/C20H28N2O/c1-5-22(6-2)19-9-7-18(8-10-19)21-11-12-23-20-14-16(3)13-17(4)15-20/h7-10,13-15,21H,5-6,11-12H2,1-4H3. The van der Waals surface area contributed by atoms with Gasteiger partial charge in [-0.15, -0.1) is 0 Å². The second-order valence-electron chi connectivity index (χ2n) is 5.82. The van der Waals surface area contributed by atoms with E-state index in [0.717, 1.165) is 31.1 Å². The first-order valence-corrected chi connectivity index (χ1v) is 8.42. The first-order chi connectivity index (χ1) is 11.1. The molecule has 0 bridgehead atoms. The SMILES string of the molecule is CCN(CC)c1ccc(NCCOc2cc(C)cc(C)c2)cc1. The van der Waals surface area contributed by atoms with E-state index in [4.69, 9.17) is 4.74 Å². The molecule has 0 unspecified atom stereocenters. The zero-order valence-corrected chi connectivity index (χ0v) is 14.7. The molecule has 0 heterocycles. The summed E-state index contributed by atoms with van der Waals surface area (Å²) in [6, 6.07) is 14.9. The number of anilines is 2. The number of nitrogens with one attached hydrogen (secondary N) is 1. The van der Waals surface area contributed by atoms with E-state index in [1.54, 1.807) is 0 Å². The van der Waals surface area contributed by atoms with Crippen LogP contribution in [0.25, 0.3) is 0 Å². The number of ether oxygens (including phenoxy) is 1. The van der Waals surface area contributed by atoms with Gasteiger partial charge < -0.3 is 15.0 Å². The van der Waals surface area contributed by atoms with Gasteiger partial charge in [-0.25, -0.2) is 0 Å². The number of benzene rings is 2. The van der Waals surface area contributed by atoms with E-state index in [-0.39, 0.29) is 0 Å². The molecule has 0 spiro atoms. The zero-order chi connectivity index (χ0) is 16.7. The summed E-state index contributed by atoms with van der Waals surface area (Å²) in [5.41, 5.74) is 4.87. The van der Waals surface area contributed by atoms with Gasteiger partial charge in [0.1, 0.15) is 12.4 Å². The van der Waals surface area contributed by atoms with Crippen LogP contribution in [-0.2, 0) is 0 Å². The molecule has 2 aromatic rings. The van der Waals surface area contributed by atoms with Crippen molar-refractivity contribution in [2.75, 3.05) is 36.5 Å². The number of nitrogens with zero attached hydrogens (tertiary/aromatic N) is 1. The van der Waals surface area contributed by atoms with E-state index in [0.29, 0.717) is 6.61 Å². The normalized spacial score (nSPS) is 10.4. The second-order valence-corrected chi connectivity index (χ2v) is 5.82. The number of rotatable bonds is 8. The largest absolute Gasteiger partial charge is 0.492 e. The molecule has 124 valence electrons. The summed E-state index contributed by atoms with van der Waals surface area (Å²) >= 11 is 0. The molecule has 2 rings (SSSR count). The lowest BCUT2D eigenvalue weighted by atomic mass is 10.1. The van der Waals surface area contributed by atoms with Crippen molar-refractivity contribution in [3.63, 3.8) is 0 Å². The fourth-order valence-corrected chi connectivity index (χ4v) is 2.76. The maximum atomic E-state index is 5.82. The molecular weight excluding hydrogens is 284 g/mol. The molecule has 0 aliphatic rings. The predicted octanol–water partition coefficient (Wildman–Crippen LogP) is 4.64. The van der Waals surface area contributed by atoms with Gasteiger partial charge in [0.2, 0.25) is 0 Å². The van der Waals surface area contributed by atoms with Crippen molar-refractivity contribution in [1.82, 2.24) is 0 Å². The molecule has 3 heteroatoms. The molecule has 0 saturated heterocycles. The molecule has 0 fully saturated rings. The monoisotopic (exact) mass is 312 g/mol. The Hall–Kier alpha value is -2.16. The van der Waals surface area contributed by atoms with Crippen molar-refractivity contribution in [2.24, 2.45) is 0 Å². The number of hydrogen-bond donors (Lipinski definition) is 1. The highest BCUT2D eigenvalue weighted by Crippen LogP contribution is 2.18. The van der Waals surface area contributed by atoms with E-state index >= 15 is 0 Å². The fourth-order valence-electron chi connectivity index (χ4n) is 2.76. The van der Waals surface area contributed by atoms with Crippen LogP contribution < -0.4 is 15.0 Å². The molecule has 0 saturated carbocycles. The number of hydrogen-bond acceptors (Lipinski definition) is 3. The Balaban J connectivity index is 1.80. The summed E-state index contributed by atoms with van der Waals surface area (Å²) in [5, 5.41) is 3.40. The van der Waals surface area contributed by atoms with Crippen molar-refractivity contribution in [3.8, 4) is 5.75 Å². The molecule has 0 aliphatic carbocycles. The molecule has 1 N–H and O–H groups in total. The van der Waals surface area contributed by atoms with Crippen LogP contribution in [0.1, 0.15) is 25.0 Å². The van der Waals surface area contributed by atoms with Gasteiger partial charge in [-0.1, -0.05) is 6.07 Å². The van der Waals surface area contributed by atoms with Crippen LogP contribution in [0.5, 0.6) is 5.75 Å². The summed E-state index contributed by atoms with van der Waals surface area (Å²) in [6.45, 7) is 12.1. The minimum atomic E-state index is 0.653. The van der Waals surface area contributed by atoms with Crippen LogP contribution in [0, 0.1) is 13.8 Å². The van der Waals surface area contributed by atoms with Gasteiger partial charge in [0.25, 0.3) is 0 Å². The highest BCUT2D eigenvalue weighted by molar-refractivity contribution is 5.55. The topological polar surface area (TPSA) is 24.5 Å². The van der Waals surface area contributed by atoms with Crippen molar-refractivity contribution in [1.29, 1.82) is 0 Å². The molecule has 0 aromatic heterocycles. The summed E-state index contributed by atoms with van der Waals surface area (Å²) in [6.07, 6.45) is 0. The third-order valence-corrected chi connectivity index (χ3v) is 3.89. The van der Waals surface area contributed by atoms with Crippen LogP contribution in [0.3, 0.4) is 0 Å². The molecule has 3 nitrogen and oxygen atoms in total. The highest BCUT2D eigenvalue weighted by atomic mass is 16.5. The van der Waals surface area contributed by atoms with Crippen molar-refractivity contribution < 1.29 is 4.74 Å². The highest BCUT2D eigenvalue weighted by Gasteiger charge is 2.01. The maximum absolute atomic E-state index is 5.82. The van der Waals surface area contributed by atoms with E-state index in [2.05, 4.69) is 80.4 Å². The Morgan fingerprint density at radius 3 is 2.09 bits per heavy atom. The van der Waals surface area contributed by atoms with Gasteiger partial charge in [0.15, 0.2) is 0 Å². The van der Waals surface area contributed by atoms with E-state index in [9.17, 15) is 0 Å². The van der Waals surface area contributed by atoms with Crippen molar-refractivity contribution in [2.45, 2.75) is 27.7 Å². The van der Waals surface area contributed by atoms with Crippen LogP contribution in [0.4, 0.5) is 11.4 Å². The van der Waals surface area contributed by atoms with Gasteiger partial charge in [0, 0.05) is 31.0 Å². The van der Waals surface area contributed by atoms with Crippen LogP contribution in [0.15, 0.2) is 42.5 Å². The minimum absolute atomic E-state index is 0.653. The van der Waals surface area contributed by atoms with E-state index in [1.165, 1.54) is 16.8 Å². The van der Waals surface area contributed by atoms with Gasteiger partial charge in [-0.05, 0) is 75.2 Å². The minimum Gasteiger partial charge on any atom is -0.492 e. The fraction of sp³-hybridized carbons (Fsp3) is 0.400. The van der Waals surface area contributed by atoms with Crippen molar-refractivity contribution in [3.05, 3.63) is 53.6 Å².